The highest BCUT2D eigenvalue weighted by Gasteiger charge is 2.32. The molecular formula is C22H17NOS2. The summed E-state index contributed by atoms with van der Waals surface area (Å²) in [5.74, 6) is 1.16. The summed E-state index contributed by atoms with van der Waals surface area (Å²) in [6.45, 7) is 0. The Morgan fingerprint density at radius 1 is 1.04 bits per heavy atom. The number of carbonyl (C=O) groups is 1. The van der Waals surface area contributed by atoms with Crippen LogP contribution in [0.25, 0.3) is 0 Å². The van der Waals surface area contributed by atoms with E-state index >= 15 is 0 Å². The molecule has 2 nitrogen and oxygen atoms in total. The lowest BCUT2D eigenvalue weighted by atomic mass is 9.80. The first-order chi connectivity index (χ1) is 12.8. The fraction of sp³-hybridized carbons (Fsp3) is 0.182. The molecule has 3 aromatic rings. The number of ketones is 1. The van der Waals surface area contributed by atoms with Crippen molar-refractivity contribution in [3.63, 3.8) is 0 Å². The van der Waals surface area contributed by atoms with E-state index in [9.17, 15) is 10.1 Å². The normalized spacial score (nSPS) is 16.1. The van der Waals surface area contributed by atoms with Gasteiger partial charge in [-0.2, -0.15) is 5.26 Å². The molecule has 4 heteroatoms. The van der Waals surface area contributed by atoms with Crippen LogP contribution < -0.4 is 0 Å². The lowest BCUT2D eigenvalue weighted by Crippen LogP contribution is -2.18. The van der Waals surface area contributed by atoms with Gasteiger partial charge in [0, 0.05) is 17.7 Å². The van der Waals surface area contributed by atoms with Crippen molar-refractivity contribution < 1.29 is 4.79 Å². The number of nitriles is 1. The van der Waals surface area contributed by atoms with Crippen molar-refractivity contribution in [2.75, 3.05) is 0 Å². The van der Waals surface area contributed by atoms with E-state index in [1.54, 1.807) is 11.8 Å². The van der Waals surface area contributed by atoms with Crippen LogP contribution in [0.2, 0.25) is 0 Å². The van der Waals surface area contributed by atoms with E-state index < -0.39 is 0 Å². The van der Waals surface area contributed by atoms with Crippen molar-refractivity contribution in [3.05, 3.63) is 87.8 Å². The smallest absolute Gasteiger partial charge is 0.165 e. The van der Waals surface area contributed by atoms with Crippen LogP contribution in [0.5, 0.6) is 0 Å². The van der Waals surface area contributed by atoms with Gasteiger partial charge in [0.25, 0.3) is 0 Å². The summed E-state index contributed by atoms with van der Waals surface area (Å²) in [7, 11) is 0. The van der Waals surface area contributed by atoms with Gasteiger partial charge in [-0.3, -0.25) is 4.79 Å². The van der Waals surface area contributed by atoms with E-state index in [0.717, 1.165) is 27.5 Å². The quantitative estimate of drug-likeness (QED) is 0.539. The number of fused-ring (bicyclic) bond motifs is 1. The van der Waals surface area contributed by atoms with Crippen LogP contribution in [0.4, 0.5) is 0 Å². The van der Waals surface area contributed by atoms with Gasteiger partial charge in [0.2, 0.25) is 0 Å². The Hall–Kier alpha value is -2.35. The Morgan fingerprint density at radius 3 is 2.42 bits per heavy atom. The zero-order valence-electron chi connectivity index (χ0n) is 14.1. The number of Topliss-reactive ketones (excluding diaryl/α,β-unsaturated/α-hetero) is 1. The maximum absolute atomic E-state index is 12.9. The maximum Gasteiger partial charge on any atom is 0.165 e. The number of rotatable bonds is 4. The number of carbonyl (C=O) groups excluding carboxylic acids is 1. The molecule has 0 saturated carbocycles. The van der Waals surface area contributed by atoms with Crippen molar-refractivity contribution in [1.29, 1.82) is 5.26 Å². The highest BCUT2D eigenvalue weighted by Crippen LogP contribution is 2.44. The largest absolute Gasteiger partial charge is 0.294 e. The van der Waals surface area contributed by atoms with E-state index in [0.29, 0.717) is 11.3 Å². The van der Waals surface area contributed by atoms with Gasteiger partial charge in [-0.05, 0) is 29.0 Å². The van der Waals surface area contributed by atoms with Crippen LogP contribution >= 0.6 is 23.1 Å². The Morgan fingerprint density at radius 2 is 1.73 bits per heavy atom. The van der Waals surface area contributed by atoms with Crippen molar-refractivity contribution in [1.82, 2.24) is 0 Å². The first-order valence-corrected chi connectivity index (χ1v) is 10.4. The molecular weight excluding hydrogens is 358 g/mol. The van der Waals surface area contributed by atoms with Gasteiger partial charge in [-0.1, -0.05) is 60.7 Å². The van der Waals surface area contributed by atoms with E-state index in [-0.39, 0.29) is 11.7 Å². The average molecular weight is 376 g/mol. The monoisotopic (exact) mass is 375 g/mol. The van der Waals surface area contributed by atoms with Crippen molar-refractivity contribution in [2.24, 2.45) is 0 Å². The summed E-state index contributed by atoms with van der Waals surface area (Å²) in [5, 5.41) is 9.58. The minimum Gasteiger partial charge on any atom is -0.294 e. The van der Waals surface area contributed by atoms with Gasteiger partial charge < -0.3 is 0 Å². The summed E-state index contributed by atoms with van der Waals surface area (Å²) in [6, 6.07) is 22.7. The second-order valence-corrected chi connectivity index (χ2v) is 8.66. The standard InChI is InChI=1S/C22H17NOS2/c23-13-20-18-11-17(16-9-5-2-6-10-16)12-19(24)21(18)22(26-20)25-14-15-7-3-1-4-8-15/h1-10,17H,11-12,14H2/t17-/m1/s1. The fourth-order valence-electron chi connectivity index (χ4n) is 3.44. The van der Waals surface area contributed by atoms with Crippen molar-refractivity contribution >= 4 is 28.9 Å². The molecule has 0 N–H and O–H groups in total. The molecule has 26 heavy (non-hydrogen) atoms. The molecule has 0 saturated heterocycles. The zero-order valence-corrected chi connectivity index (χ0v) is 15.8. The second-order valence-electron chi connectivity index (χ2n) is 6.40. The van der Waals surface area contributed by atoms with Gasteiger partial charge in [0.1, 0.15) is 10.9 Å². The molecule has 1 heterocycles. The number of thiophene rings is 1. The Balaban J connectivity index is 1.63. The third kappa shape index (κ3) is 3.33. The van der Waals surface area contributed by atoms with Crippen molar-refractivity contribution in [2.45, 2.75) is 28.7 Å². The predicted octanol–water partition coefficient (Wildman–Crippen LogP) is 5.82. The Kier molecular flexibility index (Phi) is 4.92. The number of hydrogen-bond donors (Lipinski definition) is 0. The highest BCUT2D eigenvalue weighted by atomic mass is 32.2. The third-order valence-electron chi connectivity index (χ3n) is 4.72. The summed E-state index contributed by atoms with van der Waals surface area (Å²) in [4.78, 5) is 13.6. The van der Waals surface area contributed by atoms with Crippen LogP contribution in [-0.4, -0.2) is 5.78 Å². The first kappa shape index (κ1) is 17.1. The molecule has 1 aromatic heterocycles. The molecule has 0 spiro atoms. The van der Waals surface area contributed by atoms with Gasteiger partial charge in [-0.25, -0.2) is 0 Å². The summed E-state index contributed by atoms with van der Waals surface area (Å²) in [5.41, 5.74) is 4.17. The van der Waals surface area contributed by atoms with E-state index in [1.165, 1.54) is 22.5 Å². The first-order valence-electron chi connectivity index (χ1n) is 8.57. The number of hydrogen-bond acceptors (Lipinski definition) is 4. The molecule has 128 valence electrons. The third-order valence-corrected chi connectivity index (χ3v) is 7.20. The van der Waals surface area contributed by atoms with E-state index in [1.807, 2.05) is 36.4 Å². The molecule has 0 bridgehead atoms. The molecule has 0 fully saturated rings. The molecule has 0 amide bonds. The van der Waals surface area contributed by atoms with Crippen LogP contribution in [0.1, 0.15) is 44.3 Å². The topological polar surface area (TPSA) is 40.9 Å². The lowest BCUT2D eigenvalue weighted by molar-refractivity contribution is 0.0962. The van der Waals surface area contributed by atoms with Gasteiger partial charge in [-0.15, -0.1) is 23.1 Å². The fourth-order valence-corrected chi connectivity index (χ4v) is 5.85. The number of nitrogens with zero attached hydrogens (tertiary/aromatic N) is 1. The van der Waals surface area contributed by atoms with Gasteiger partial charge >= 0.3 is 0 Å². The van der Waals surface area contributed by atoms with Crippen LogP contribution in [0.3, 0.4) is 0 Å². The molecule has 1 aliphatic carbocycles. The highest BCUT2D eigenvalue weighted by molar-refractivity contribution is 8.00. The van der Waals surface area contributed by atoms with Crippen LogP contribution in [0, 0.1) is 11.3 Å². The zero-order chi connectivity index (χ0) is 17.9. The predicted molar refractivity (Wildman–Crippen MR) is 107 cm³/mol. The second kappa shape index (κ2) is 7.49. The van der Waals surface area contributed by atoms with E-state index in [2.05, 4.69) is 30.3 Å². The molecule has 1 atom stereocenters. The van der Waals surface area contributed by atoms with Gasteiger partial charge in [0.15, 0.2) is 5.78 Å². The lowest BCUT2D eigenvalue weighted by Gasteiger charge is -2.22. The molecule has 0 aliphatic heterocycles. The molecule has 4 rings (SSSR count). The minimum absolute atomic E-state index is 0.171. The van der Waals surface area contributed by atoms with Gasteiger partial charge in [0.05, 0.1) is 4.21 Å². The van der Waals surface area contributed by atoms with E-state index in [4.69, 9.17) is 0 Å². The molecule has 1 aliphatic rings. The van der Waals surface area contributed by atoms with Crippen molar-refractivity contribution in [3.8, 4) is 6.07 Å². The number of benzene rings is 2. The van der Waals surface area contributed by atoms with Crippen LogP contribution in [-0.2, 0) is 12.2 Å². The maximum atomic E-state index is 12.9. The molecule has 2 aromatic carbocycles. The summed E-state index contributed by atoms with van der Waals surface area (Å²) < 4.78 is 0.997. The summed E-state index contributed by atoms with van der Waals surface area (Å²) >= 11 is 3.15. The Bertz CT molecular complexity index is 971. The molecule has 0 unspecified atom stereocenters. The minimum atomic E-state index is 0.171. The molecule has 0 radical (unpaired) electrons. The SMILES string of the molecule is N#Cc1sc(SCc2ccccc2)c2c1C[C@@H](c1ccccc1)CC2=O. The Labute approximate surface area is 161 Å². The summed E-state index contributed by atoms with van der Waals surface area (Å²) in [6.07, 6.45) is 1.30. The van der Waals surface area contributed by atoms with Crippen LogP contribution in [0.15, 0.2) is 64.9 Å². The number of thioether (sulfide) groups is 1. The average Bonchev–Trinajstić information content (AvgIpc) is 3.06.